The van der Waals surface area contributed by atoms with Crippen molar-refractivity contribution in [1.82, 2.24) is 24.6 Å². The Labute approximate surface area is 236 Å². The monoisotopic (exact) mass is 650 g/mol. The third-order valence-corrected chi connectivity index (χ3v) is 8.32. The van der Waals surface area contributed by atoms with Crippen molar-refractivity contribution in [3.63, 3.8) is 0 Å². The van der Waals surface area contributed by atoms with Crippen LogP contribution in [-0.4, -0.2) is 51.0 Å². The summed E-state index contributed by atoms with van der Waals surface area (Å²) in [7, 11) is 0. The average Bonchev–Trinajstić information content (AvgIpc) is 3.49. The Bertz CT molecular complexity index is 1650. The number of thiophene rings is 1. The third-order valence-electron chi connectivity index (χ3n) is 6.48. The number of benzene rings is 1. The van der Waals surface area contributed by atoms with Gasteiger partial charge in [0.15, 0.2) is 5.65 Å². The lowest BCUT2D eigenvalue weighted by atomic mass is 10.0. The summed E-state index contributed by atoms with van der Waals surface area (Å²) in [6.07, 6.45) is 1.42. The molecule has 5 aromatic rings. The van der Waals surface area contributed by atoms with Crippen LogP contribution in [-0.2, 0) is 11.3 Å². The minimum atomic E-state index is -0.414. The van der Waals surface area contributed by atoms with E-state index in [-0.39, 0.29) is 18.0 Å². The Kier molecular flexibility index (Phi) is 7.50. The second kappa shape index (κ2) is 10.7. The molecule has 1 unspecified atom stereocenters. The van der Waals surface area contributed by atoms with Gasteiger partial charge in [0.2, 0.25) is 0 Å². The Morgan fingerprint density at radius 1 is 1.14 bits per heavy atom. The summed E-state index contributed by atoms with van der Waals surface area (Å²) in [5, 5.41) is 6.80. The van der Waals surface area contributed by atoms with Crippen molar-refractivity contribution in [2.24, 2.45) is 0 Å². The minimum absolute atomic E-state index is 0. The highest BCUT2D eigenvalue weighted by Crippen LogP contribution is 2.40. The maximum Gasteiger partial charge on any atom is 0.343 e. The quantitative estimate of drug-likeness (QED) is 0.272. The highest BCUT2D eigenvalue weighted by molar-refractivity contribution is 14.1. The lowest BCUT2D eigenvalue weighted by Crippen LogP contribution is -2.35. The number of morpholine rings is 1. The van der Waals surface area contributed by atoms with Crippen molar-refractivity contribution in [3.05, 3.63) is 67.5 Å². The van der Waals surface area contributed by atoms with Crippen LogP contribution < -0.4 is 11.4 Å². The first-order chi connectivity index (χ1) is 17.5. The fourth-order valence-electron chi connectivity index (χ4n) is 4.68. The van der Waals surface area contributed by atoms with Crippen molar-refractivity contribution >= 4 is 74.0 Å². The molecule has 1 atom stereocenters. The molecule has 192 valence electrons. The number of nitrogens with two attached hydrogens (primary N) is 1. The van der Waals surface area contributed by atoms with Crippen molar-refractivity contribution < 1.29 is 9.15 Å². The Morgan fingerprint density at radius 3 is 2.68 bits per heavy atom. The van der Waals surface area contributed by atoms with E-state index in [1.807, 2.05) is 31.2 Å². The predicted molar refractivity (Wildman–Crippen MR) is 155 cm³/mol. The smallest absolute Gasteiger partial charge is 0.343 e. The normalized spacial score (nSPS) is 15.2. The molecule has 4 aromatic heterocycles. The number of halogens is 2. The van der Waals surface area contributed by atoms with E-state index in [1.165, 1.54) is 11.2 Å². The number of rotatable bonds is 5. The van der Waals surface area contributed by atoms with Crippen molar-refractivity contribution in [1.29, 1.82) is 0 Å². The lowest BCUT2D eigenvalue weighted by molar-refractivity contribution is 0.0346. The van der Waals surface area contributed by atoms with Crippen LogP contribution in [0.4, 0.5) is 5.82 Å². The second-order valence-electron chi connectivity index (χ2n) is 8.70. The van der Waals surface area contributed by atoms with Crippen LogP contribution in [0.25, 0.3) is 32.2 Å². The molecule has 0 saturated carbocycles. The van der Waals surface area contributed by atoms with Crippen LogP contribution in [0.2, 0.25) is 0 Å². The molecular formula is C25H24ClIN6O3S. The molecule has 1 aliphatic rings. The highest BCUT2D eigenvalue weighted by Gasteiger charge is 2.26. The molecule has 12 heteroatoms. The van der Waals surface area contributed by atoms with Crippen LogP contribution >= 0.6 is 46.3 Å². The minimum Gasteiger partial charge on any atom is -0.424 e. The summed E-state index contributed by atoms with van der Waals surface area (Å²) >= 11 is 3.85. The van der Waals surface area contributed by atoms with Gasteiger partial charge in [0.25, 0.3) is 0 Å². The van der Waals surface area contributed by atoms with E-state index in [0.717, 1.165) is 48.7 Å². The first kappa shape index (κ1) is 26.0. The fourth-order valence-corrected chi connectivity index (χ4v) is 6.54. The number of hydrogen-bond acceptors (Lipinski definition) is 9. The van der Waals surface area contributed by atoms with E-state index in [2.05, 4.69) is 49.6 Å². The number of nitrogen functional groups attached to an aromatic ring is 1. The van der Waals surface area contributed by atoms with Crippen molar-refractivity contribution in [2.45, 2.75) is 19.5 Å². The van der Waals surface area contributed by atoms with E-state index >= 15 is 0 Å². The molecule has 0 bridgehead atoms. The van der Waals surface area contributed by atoms with Gasteiger partial charge in [0, 0.05) is 40.3 Å². The van der Waals surface area contributed by atoms with Gasteiger partial charge in [-0.05, 0) is 47.7 Å². The van der Waals surface area contributed by atoms with E-state index in [9.17, 15) is 4.79 Å². The lowest BCUT2D eigenvalue weighted by Gasteiger charge is -2.25. The molecule has 1 fully saturated rings. The molecule has 2 N–H and O–H groups in total. The second-order valence-corrected chi connectivity index (χ2v) is 10.9. The third kappa shape index (κ3) is 4.74. The molecule has 1 aromatic carbocycles. The summed E-state index contributed by atoms with van der Waals surface area (Å²) in [6, 6.07) is 11.4. The molecule has 0 spiro atoms. The van der Waals surface area contributed by atoms with E-state index in [0.29, 0.717) is 31.7 Å². The molecule has 5 heterocycles. The van der Waals surface area contributed by atoms with E-state index in [1.54, 1.807) is 16.0 Å². The maximum atomic E-state index is 13.1. The van der Waals surface area contributed by atoms with Crippen LogP contribution in [0.15, 0.2) is 51.9 Å². The summed E-state index contributed by atoms with van der Waals surface area (Å²) in [5.74, 6) is 0.908. The molecule has 6 rings (SSSR count). The Hall–Kier alpha value is -2.58. The maximum absolute atomic E-state index is 13.1. The number of fused-ring (bicyclic) bond motifs is 2. The fraction of sp³-hybridized carbons (Fsp3) is 0.280. The first-order valence-corrected chi connectivity index (χ1v) is 13.5. The van der Waals surface area contributed by atoms with Gasteiger partial charge in [-0.2, -0.15) is 5.10 Å². The molecule has 9 nitrogen and oxygen atoms in total. The molecule has 0 radical (unpaired) electrons. The van der Waals surface area contributed by atoms with Crippen LogP contribution in [0.5, 0.6) is 0 Å². The SMILES string of the molecule is CC(c1oc(=O)c2ccccc2c1-c1ccc(CN2CCOCC2)s1)n1nc(I)c2c(N)ncnc21.Cl. The Balaban J connectivity index is 0.00000280. The molecule has 1 saturated heterocycles. The topological polar surface area (TPSA) is 112 Å². The largest absolute Gasteiger partial charge is 0.424 e. The van der Waals surface area contributed by atoms with Crippen LogP contribution in [0, 0.1) is 3.70 Å². The van der Waals surface area contributed by atoms with Gasteiger partial charge in [-0.3, -0.25) is 4.90 Å². The summed E-state index contributed by atoms with van der Waals surface area (Å²) in [6.45, 7) is 6.20. The predicted octanol–water partition coefficient (Wildman–Crippen LogP) is 4.71. The van der Waals surface area contributed by atoms with Gasteiger partial charge in [-0.15, -0.1) is 23.7 Å². The molecular weight excluding hydrogens is 627 g/mol. The van der Waals surface area contributed by atoms with Crippen molar-refractivity contribution in [2.75, 3.05) is 32.0 Å². The first-order valence-electron chi connectivity index (χ1n) is 11.6. The number of anilines is 1. The molecule has 0 amide bonds. The number of nitrogens with zero attached hydrogens (tertiary/aromatic N) is 5. The van der Waals surface area contributed by atoms with Gasteiger partial charge in [0.05, 0.1) is 24.0 Å². The van der Waals surface area contributed by atoms with E-state index < -0.39 is 6.04 Å². The highest BCUT2D eigenvalue weighted by atomic mass is 127. The van der Waals surface area contributed by atoms with Gasteiger partial charge < -0.3 is 14.9 Å². The van der Waals surface area contributed by atoms with E-state index in [4.69, 9.17) is 20.0 Å². The summed E-state index contributed by atoms with van der Waals surface area (Å²) in [5.41, 5.74) is 7.24. The van der Waals surface area contributed by atoms with Crippen LogP contribution in [0.3, 0.4) is 0 Å². The van der Waals surface area contributed by atoms with Gasteiger partial charge in [-0.1, -0.05) is 18.2 Å². The number of hydrogen-bond donors (Lipinski definition) is 1. The standard InChI is InChI=1S/C25H23IN6O3S.ClH/c1-14(32-24-20(22(26)30-32)23(27)28-13-29-24)21-19(16-4-2-3-5-17(16)25(33)35-21)18-7-6-15(36-18)12-31-8-10-34-11-9-31;/h2-7,13-14H,8-12H2,1H3,(H2,27,28,29);1H. The zero-order valence-electron chi connectivity index (χ0n) is 19.9. The summed E-state index contributed by atoms with van der Waals surface area (Å²) < 4.78 is 14.0. The molecule has 1 aliphatic heterocycles. The zero-order chi connectivity index (χ0) is 24.8. The Morgan fingerprint density at radius 2 is 1.89 bits per heavy atom. The summed E-state index contributed by atoms with van der Waals surface area (Å²) in [4.78, 5) is 26.3. The van der Waals surface area contributed by atoms with Gasteiger partial charge >= 0.3 is 5.63 Å². The molecule has 37 heavy (non-hydrogen) atoms. The molecule has 0 aliphatic carbocycles. The van der Waals surface area contributed by atoms with Gasteiger partial charge in [0.1, 0.15) is 27.6 Å². The number of aromatic nitrogens is 4. The zero-order valence-corrected chi connectivity index (χ0v) is 23.7. The van der Waals surface area contributed by atoms with Crippen LogP contribution in [0.1, 0.15) is 23.6 Å². The number of ether oxygens (including phenoxy) is 1. The average molecular weight is 651 g/mol. The van der Waals surface area contributed by atoms with Gasteiger partial charge in [-0.25, -0.2) is 19.4 Å². The van der Waals surface area contributed by atoms with Crippen molar-refractivity contribution in [3.8, 4) is 10.4 Å².